The highest BCUT2D eigenvalue weighted by Gasteiger charge is 2.20. The number of carbonyl (C=O) groups excluding carboxylic acids is 2. The molecule has 2 amide bonds. The SMILES string of the molecule is O=C(NCCC(=O)N1CCc2ccccc2C1)c1ccc(F)cc1Cl. The molecule has 0 bridgehead atoms. The largest absolute Gasteiger partial charge is 0.351 e. The monoisotopic (exact) mass is 360 g/mol. The van der Waals surface area contributed by atoms with Crippen LogP contribution in [0.1, 0.15) is 27.9 Å². The fraction of sp³-hybridized carbons (Fsp3) is 0.263. The second kappa shape index (κ2) is 7.66. The number of halogens is 2. The summed E-state index contributed by atoms with van der Waals surface area (Å²) in [6.45, 7) is 1.50. The standard InChI is InChI=1S/C19H18ClFN2O2/c20-17-11-15(21)5-6-16(17)19(25)22-9-7-18(24)23-10-8-13-3-1-2-4-14(13)12-23/h1-6,11H,7-10,12H2,(H,22,25). The van der Waals surface area contributed by atoms with Gasteiger partial charge in [0.2, 0.25) is 5.91 Å². The summed E-state index contributed by atoms with van der Waals surface area (Å²) in [4.78, 5) is 26.2. The molecule has 0 unspecified atom stereocenters. The number of rotatable bonds is 4. The van der Waals surface area contributed by atoms with Crippen LogP contribution in [-0.4, -0.2) is 29.8 Å². The second-order valence-corrected chi connectivity index (χ2v) is 6.37. The Morgan fingerprint density at radius 3 is 2.68 bits per heavy atom. The van der Waals surface area contributed by atoms with Crippen LogP contribution < -0.4 is 5.32 Å². The maximum Gasteiger partial charge on any atom is 0.252 e. The molecule has 0 saturated heterocycles. The van der Waals surface area contributed by atoms with Gasteiger partial charge < -0.3 is 10.2 Å². The fourth-order valence-corrected chi connectivity index (χ4v) is 3.17. The van der Waals surface area contributed by atoms with Crippen LogP contribution in [0.5, 0.6) is 0 Å². The lowest BCUT2D eigenvalue weighted by molar-refractivity contribution is -0.131. The maximum absolute atomic E-state index is 13.0. The van der Waals surface area contributed by atoms with Crippen molar-refractivity contribution >= 4 is 23.4 Å². The molecule has 0 aromatic heterocycles. The van der Waals surface area contributed by atoms with Crippen molar-refractivity contribution in [3.8, 4) is 0 Å². The quantitative estimate of drug-likeness (QED) is 0.910. The predicted octanol–water partition coefficient (Wildman–Crippen LogP) is 3.18. The van der Waals surface area contributed by atoms with Crippen molar-refractivity contribution in [2.45, 2.75) is 19.4 Å². The number of amides is 2. The number of carbonyl (C=O) groups is 2. The molecular weight excluding hydrogens is 343 g/mol. The molecule has 2 aromatic rings. The van der Waals surface area contributed by atoms with Gasteiger partial charge in [0.1, 0.15) is 5.82 Å². The van der Waals surface area contributed by atoms with Gasteiger partial charge in [-0.2, -0.15) is 0 Å². The number of benzene rings is 2. The zero-order valence-corrected chi connectivity index (χ0v) is 14.4. The van der Waals surface area contributed by atoms with E-state index >= 15 is 0 Å². The van der Waals surface area contributed by atoms with E-state index in [0.717, 1.165) is 12.5 Å². The first-order chi connectivity index (χ1) is 12.0. The van der Waals surface area contributed by atoms with Crippen molar-refractivity contribution in [1.29, 1.82) is 0 Å². The smallest absolute Gasteiger partial charge is 0.252 e. The zero-order chi connectivity index (χ0) is 17.8. The summed E-state index contributed by atoms with van der Waals surface area (Å²) in [5.41, 5.74) is 2.65. The van der Waals surface area contributed by atoms with E-state index in [9.17, 15) is 14.0 Å². The van der Waals surface area contributed by atoms with Gasteiger partial charge in [0, 0.05) is 26.1 Å². The minimum atomic E-state index is -0.498. The summed E-state index contributed by atoms with van der Waals surface area (Å²) in [5.74, 6) is -0.913. The van der Waals surface area contributed by atoms with E-state index in [0.29, 0.717) is 13.1 Å². The second-order valence-electron chi connectivity index (χ2n) is 5.96. The first-order valence-electron chi connectivity index (χ1n) is 8.12. The molecule has 1 aliphatic rings. The molecule has 0 aliphatic carbocycles. The first-order valence-corrected chi connectivity index (χ1v) is 8.50. The first kappa shape index (κ1) is 17.4. The van der Waals surface area contributed by atoms with E-state index < -0.39 is 11.7 Å². The van der Waals surface area contributed by atoms with Gasteiger partial charge in [0.25, 0.3) is 5.91 Å². The van der Waals surface area contributed by atoms with Crippen molar-refractivity contribution in [3.63, 3.8) is 0 Å². The van der Waals surface area contributed by atoms with Crippen LogP contribution in [0.3, 0.4) is 0 Å². The number of nitrogens with zero attached hydrogens (tertiary/aromatic N) is 1. The predicted molar refractivity (Wildman–Crippen MR) is 93.9 cm³/mol. The summed E-state index contributed by atoms with van der Waals surface area (Å²) in [6.07, 6.45) is 1.06. The van der Waals surface area contributed by atoms with Gasteiger partial charge in [-0.15, -0.1) is 0 Å². The maximum atomic E-state index is 13.0. The van der Waals surface area contributed by atoms with Crippen molar-refractivity contribution in [3.05, 3.63) is 70.0 Å². The molecule has 0 fully saturated rings. The molecule has 25 heavy (non-hydrogen) atoms. The molecule has 2 aromatic carbocycles. The molecule has 1 heterocycles. The van der Waals surface area contributed by atoms with Crippen LogP contribution in [0.4, 0.5) is 4.39 Å². The number of hydrogen-bond donors (Lipinski definition) is 1. The molecule has 1 N–H and O–H groups in total. The summed E-state index contributed by atoms with van der Waals surface area (Å²) in [5, 5.41) is 2.71. The normalized spacial score (nSPS) is 13.3. The summed E-state index contributed by atoms with van der Waals surface area (Å²) >= 11 is 5.86. The van der Waals surface area contributed by atoms with Gasteiger partial charge in [-0.3, -0.25) is 9.59 Å². The van der Waals surface area contributed by atoms with Crippen molar-refractivity contribution in [1.82, 2.24) is 10.2 Å². The highest BCUT2D eigenvalue weighted by Crippen LogP contribution is 2.19. The Kier molecular flexibility index (Phi) is 5.34. The van der Waals surface area contributed by atoms with Gasteiger partial charge >= 0.3 is 0 Å². The van der Waals surface area contributed by atoms with Gasteiger partial charge in [0.15, 0.2) is 0 Å². The van der Waals surface area contributed by atoms with Crippen LogP contribution >= 0.6 is 11.6 Å². The molecular formula is C19H18ClFN2O2. The average Bonchev–Trinajstić information content (AvgIpc) is 2.61. The fourth-order valence-electron chi connectivity index (χ4n) is 2.92. The van der Waals surface area contributed by atoms with Crippen LogP contribution in [0, 0.1) is 5.82 Å². The molecule has 0 saturated carbocycles. The van der Waals surface area contributed by atoms with Gasteiger partial charge in [-0.1, -0.05) is 35.9 Å². The lowest BCUT2D eigenvalue weighted by Gasteiger charge is -2.29. The summed E-state index contributed by atoms with van der Waals surface area (Å²) in [7, 11) is 0. The Hall–Kier alpha value is -2.40. The minimum absolute atomic E-state index is 0.00000567. The van der Waals surface area contributed by atoms with Crippen LogP contribution in [0.25, 0.3) is 0 Å². The molecule has 0 atom stereocenters. The van der Waals surface area contributed by atoms with E-state index in [4.69, 9.17) is 11.6 Å². The highest BCUT2D eigenvalue weighted by atomic mass is 35.5. The van der Waals surface area contributed by atoms with Crippen molar-refractivity contribution in [2.75, 3.05) is 13.1 Å². The third kappa shape index (κ3) is 4.17. The molecule has 0 spiro atoms. The van der Waals surface area contributed by atoms with Gasteiger partial charge in [0.05, 0.1) is 10.6 Å². The number of hydrogen-bond acceptors (Lipinski definition) is 2. The highest BCUT2D eigenvalue weighted by molar-refractivity contribution is 6.33. The third-order valence-electron chi connectivity index (χ3n) is 4.28. The molecule has 6 heteroatoms. The molecule has 130 valence electrons. The zero-order valence-electron chi connectivity index (χ0n) is 13.6. The Morgan fingerprint density at radius 2 is 1.92 bits per heavy atom. The van der Waals surface area contributed by atoms with Crippen LogP contribution in [0.2, 0.25) is 5.02 Å². The Morgan fingerprint density at radius 1 is 1.16 bits per heavy atom. The van der Waals surface area contributed by atoms with E-state index in [1.54, 1.807) is 4.90 Å². The lowest BCUT2D eigenvalue weighted by atomic mass is 10.00. The van der Waals surface area contributed by atoms with Crippen LogP contribution in [-0.2, 0) is 17.8 Å². The van der Waals surface area contributed by atoms with E-state index in [2.05, 4.69) is 11.4 Å². The van der Waals surface area contributed by atoms with Crippen LogP contribution in [0.15, 0.2) is 42.5 Å². The topological polar surface area (TPSA) is 49.4 Å². The Bertz CT molecular complexity index is 810. The Balaban J connectivity index is 1.51. The number of fused-ring (bicyclic) bond motifs is 1. The van der Waals surface area contributed by atoms with Gasteiger partial charge in [-0.05, 0) is 35.7 Å². The molecule has 1 aliphatic heterocycles. The average molecular weight is 361 g/mol. The number of nitrogens with one attached hydrogen (secondary N) is 1. The third-order valence-corrected chi connectivity index (χ3v) is 4.60. The lowest BCUT2D eigenvalue weighted by Crippen LogP contribution is -2.38. The summed E-state index contributed by atoms with van der Waals surface area (Å²) < 4.78 is 13.0. The van der Waals surface area contributed by atoms with E-state index in [1.165, 1.54) is 23.3 Å². The molecule has 0 radical (unpaired) electrons. The van der Waals surface area contributed by atoms with E-state index in [-0.39, 0.29) is 29.5 Å². The molecule has 3 rings (SSSR count). The van der Waals surface area contributed by atoms with Crippen molar-refractivity contribution < 1.29 is 14.0 Å². The minimum Gasteiger partial charge on any atom is -0.351 e. The van der Waals surface area contributed by atoms with Crippen molar-refractivity contribution in [2.24, 2.45) is 0 Å². The van der Waals surface area contributed by atoms with Gasteiger partial charge in [-0.25, -0.2) is 4.39 Å². The molecule has 4 nitrogen and oxygen atoms in total. The summed E-state index contributed by atoms with van der Waals surface area (Å²) in [6, 6.07) is 11.7. The Labute approximate surface area is 150 Å². The van der Waals surface area contributed by atoms with E-state index in [1.807, 2.05) is 18.2 Å².